The van der Waals surface area contributed by atoms with Crippen LogP contribution in [0.5, 0.6) is 5.75 Å². The molecule has 1 atom stereocenters. The van der Waals surface area contributed by atoms with Crippen LogP contribution in [0.25, 0.3) is 11.8 Å². The van der Waals surface area contributed by atoms with E-state index < -0.39 is 12.0 Å². The van der Waals surface area contributed by atoms with E-state index in [2.05, 4.69) is 31.6 Å². The summed E-state index contributed by atoms with van der Waals surface area (Å²) < 4.78 is 16.6. The van der Waals surface area contributed by atoms with Crippen LogP contribution in [0, 0.1) is 13.8 Å². The number of nitrogens with zero attached hydrogens (tertiary/aromatic N) is 3. The standard InChI is InChI=1S/C36H31BrClN3O4S/c1-5-44-35(43)32-22(3)39-36-41(33(32)29-8-6-7-9-30(29)38)34(42)31(46-36)19-25-18-21(2)40(23(25)4)27-14-16-28(17-15-27)45-20-24-10-12-26(37)13-11-24/h6-19,33H,5,20H2,1-4H3/b31-19-/t33-/m1/s1. The highest BCUT2D eigenvalue weighted by molar-refractivity contribution is 9.10. The van der Waals surface area contributed by atoms with Crippen molar-refractivity contribution in [3.05, 3.63) is 147 Å². The van der Waals surface area contributed by atoms with Crippen LogP contribution in [0.15, 0.2) is 104 Å². The lowest BCUT2D eigenvalue weighted by Gasteiger charge is -2.25. The maximum absolute atomic E-state index is 14.1. The van der Waals surface area contributed by atoms with E-state index in [-0.39, 0.29) is 12.2 Å². The van der Waals surface area contributed by atoms with Crippen LogP contribution in [-0.4, -0.2) is 21.7 Å². The minimum Gasteiger partial charge on any atom is -0.489 e. The summed E-state index contributed by atoms with van der Waals surface area (Å²) in [4.78, 5) is 32.4. The van der Waals surface area contributed by atoms with Crippen molar-refractivity contribution in [2.45, 2.75) is 40.3 Å². The van der Waals surface area contributed by atoms with Gasteiger partial charge in [-0.05, 0) is 99.0 Å². The Morgan fingerprint density at radius 1 is 1.04 bits per heavy atom. The number of rotatable bonds is 8. The van der Waals surface area contributed by atoms with Crippen molar-refractivity contribution >= 4 is 50.9 Å². The lowest BCUT2D eigenvalue weighted by molar-refractivity contribution is -0.139. The second-order valence-electron chi connectivity index (χ2n) is 10.9. The number of ether oxygens (including phenoxy) is 2. The Morgan fingerprint density at radius 3 is 2.46 bits per heavy atom. The molecule has 0 bridgehead atoms. The Morgan fingerprint density at radius 2 is 1.76 bits per heavy atom. The van der Waals surface area contributed by atoms with Gasteiger partial charge < -0.3 is 14.0 Å². The van der Waals surface area contributed by atoms with Gasteiger partial charge in [-0.15, -0.1) is 0 Å². The van der Waals surface area contributed by atoms with Gasteiger partial charge in [-0.2, -0.15) is 0 Å². The van der Waals surface area contributed by atoms with Gasteiger partial charge in [0.25, 0.3) is 5.56 Å². The number of aromatic nitrogens is 2. The van der Waals surface area contributed by atoms with E-state index in [1.807, 2.05) is 86.7 Å². The summed E-state index contributed by atoms with van der Waals surface area (Å²) in [5, 5.41) is 0.451. The molecule has 6 rings (SSSR count). The summed E-state index contributed by atoms with van der Waals surface area (Å²) in [6.07, 6.45) is 1.89. The molecule has 10 heteroatoms. The fourth-order valence-corrected chi connectivity index (χ4v) is 7.23. The fraction of sp³-hybridized carbons (Fsp3) is 0.194. The van der Waals surface area contributed by atoms with E-state index in [1.54, 1.807) is 24.5 Å². The molecule has 1 aliphatic heterocycles. The fourth-order valence-electron chi connectivity index (χ4n) is 5.69. The largest absolute Gasteiger partial charge is 0.489 e. The molecule has 0 spiro atoms. The van der Waals surface area contributed by atoms with Crippen molar-refractivity contribution in [1.29, 1.82) is 0 Å². The second kappa shape index (κ2) is 13.3. The molecule has 0 fully saturated rings. The maximum atomic E-state index is 14.1. The Labute approximate surface area is 283 Å². The second-order valence-corrected chi connectivity index (χ2v) is 13.2. The van der Waals surface area contributed by atoms with Gasteiger partial charge in [0.1, 0.15) is 18.4 Å². The topological polar surface area (TPSA) is 74.8 Å². The van der Waals surface area contributed by atoms with Crippen molar-refractivity contribution in [2.24, 2.45) is 4.99 Å². The molecule has 234 valence electrons. The molecule has 7 nitrogen and oxygen atoms in total. The monoisotopic (exact) mass is 715 g/mol. The molecule has 0 saturated heterocycles. The van der Waals surface area contributed by atoms with E-state index in [9.17, 15) is 9.59 Å². The molecule has 1 aliphatic rings. The first-order chi connectivity index (χ1) is 22.2. The molecular weight excluding hydrogens is 686 g/mol. The highest BCUT2D eigenvalue weighted by Gasteiger charge is 2.34. The summed E-state index contributed by atoms with van der Waals surface area (Å²) in [6, 6.07) is 24.6. The van der Waals surface area contributed by atoms with Crippen LogP contribution in [0.2, 0.25) is 5.02 Å². The number of carbonyl (C=O) groups is 1. The van der Waals surface area contributed by atoms with Crippen molar-refractivity contribution in [2.75, 3.05) is 6.61 Å². The van der Waals surface area contributed by atoms with E-state index in [0.717, 1.165) is 38.4 Å². The first-order valence-electron chi connectivity index (χ1n) is 14.8. The number of carbonyl (C=O) groups excluding carboxylic acids is 1. The van der Waals surface area contributed by atoms with Crippen molar-refractivity contribution in [1.82, 2.24) is 9.13 Å². The third-order valence-electron chi connectivity index (χ3n) is 7.89. The summed E-state index contributed by atoms with van der Waals surface area (Å²) >= 11 is 11.4. The molecule has 5 aromatic rings. The molecular formula is C36H31BrClN3O4S. The average Bonchev–Trinajstić information content (AvgIpc) is 3.50. The number of fused-ring (bicyclic) bond motifs is 1. The highest BCUT2D eigenvalue weighted by Crippen LogP contribution is 2.34. The van der Waals surface area contributed by atoms with E-state index in [0.29, 0.717) is 37.8 Å². The third kappa shape index (κ3) is 6.15. The van der Waals surface area contributed by atoms with Crippen LogP contribution in [0.1, 0.15) is 48.0 Å². The Balaban J connectivity index is 1.35. The normalized spacial score (nSPS) is 14.7. The van der Waals surface area contributed by atoms with E-state index in [1.165, 1.54) is 11.3 Å². The Bertz CT molecular complexity index is 2160. The molecule has 0 saturated carbocycles. The number of hydrogen-bond donors (Lipinski definition) is 0. The molecule has 3 heterocycles. The van der Waals surface area contributed by atoms with Crippen LogP contribution >= 0.6 is 38.9 Å². The number of thiazole rings is 1. The highest BCUT2D eigenvalue weighted by atomic mass is 79.9. The molecule has 0 aliphatic carbocycles. The number of aryl methyl sites for hydroxylation is 1. The predicted octanol–water partition coefficient (Wildman–Crippen LogP) is 7.20. The van der Waals surface area contributed by atoms with Gasteiger partial charge in [-0.3, -0.25) is 9.36 Å². The molecule has 2 aromatic heterocycles. The zero-order valence-corrected chi connectivity index (χ0v) is 28.9. The summed E-state index contributed by atoms with van der Waals surface area (Å²) in [6.45, 7) is 8.26. The summed E-state index contributed by atoms with van der Waals surface area (Å²) in [5.41, 5.74) is 6.18. The zero-order valence-electron chi connectivity index (χ0n) is 25.7. The summed E-state index contributed by atoms with van der Waals surface area (Å²) in [7, 11) is 0. The third-order valence-corrected chi connectivity index (χ3v) is 9.74. The first kappa shape index (κ1) is 31.8. The molecule has 0 N–H and O–H groups in total. The van der Waals surface area contributed by atoms with Crippen molar-refractivity contribution in [3.8, 4) is 11.4 Å². The number of esters is 1. The maximum Gasteiger partial charge on any atom is 0.338 e. The van der Waals surface area contributed by atoms with Gasteiger partial charge in [0.2, 0.25) is 0 Å². The number of halogens is 2. The average molecular weight is 717 g/mol. The lowest BCUT2D eigenvalue weighted by atomic mass is 9.96. The predicted molar refractivity (Wildman–Crippen MR) is 186 cm³/mol. The molecule has 0 unspecified atom stereocenters. The quantitative estimate of drug-likeness (QED) is 0.159. The summed E-state index contributed by atoms with van der Waals surface area (Å²) in [5.74, 6) is 0.261. The van der Waals surface area contributed by atoms with Crippen LogP contribution in [0.4, 0.5) is 0 Å². The first-order valence-corrected chi connectivity index (χ1v) is 16.8. The molecule has 0 radical (unpaired) electrons. The zero-order chi connectivity index (χ0) is 32.5. The number of allylic oxidation sites excluding steroid dienone is 1. The minimum atomic E-state index is -0.761. The van der Waals surface area contributed by atoms with Crippen molar-refractivity contribution < 1.29 is 14.3 Å². The van der Waals surface area contributed by atoms with Gasteiger partial charge >= 0.3 is 5.97 Å². The Hall–Kier alpha value is -4.18. The number of hydrogen-bond acceptors (Lipinski definition) is 6. The SMILES string of the molecule is CCOC(=O)C1=C(C)N=c2s/c(=C\c3cc(C)n(-c4ccc(OCc5ccc(Br)cc5)cc4)c3C)c(=O)n2[C@@H]1c1ccccc1Cl. The van der Waals surface area contributed by atoms with Gasteiger partial charge in [-0.1, -0.05) is 69.2 Å². The molecule has 0 amide bonds. The van der Waals surface area contributed by atoms with E-state index >= 15 is 0 Å². The van der Waals surface area contributed by atoms with Crippen molar-refractivity contribution in [3.63, 3.8) is 0 Å². The smallest absolute Gasteiger partial charge is 0.338 e. The van der Waals surface area contributed by atoms with Crippen LogP contribution in [0.3, 0.4) is 0 Å². The van der Waals surface area contributed by atoms with Gasteiger partial charge in [-0.25, -0.2) is 9.79 Å². The van der Waals surface area contributed by atoms with Crippen LogP contribution in [-0.2, 0) is 16.1 Å². The van der Waals surface area contributed by atoms with Crippen LogP contribution < -0.4 is 19.6 Å². The molecule has 46 heavy (non-hydrogen) atoms. The van der Waals surface area contributed by atoms with Gasteiger partial charge in [0, 0.05) is 26.6 Å². The minimum absolute atomic E-state index is 0.201. The molecule has 3 aromatic carbocycles. The van der Waals surface area contributed by atoms with E-state index in [4.69, 9.17) is 21.1 Å². The lowest BCUT2D eigenvalue weighted by Crippen LogP contribution is -2.40. The Kier molecular flexibility index (Phi) is 9.18. The van der Waals surface area contributed by atoms with Gasteiger partial charge in [0.15, 0.2) is 4.80 Å². The number of benzene rings is 3. The van der Waals surface area contributed by atoms with Gasteiger partial charge in [0.05, 0.1) is 22.4 Å².